The summed E-state index contributed by atoms with van der Waals surface area (Å²) in [4.78, 5) is 15.4. The minimum atomic E-state index is -3.62. The third-order valence-corrected chi connectivity index (χ3v) is 8.81. The van der Waals surface area contributed by atoms with Gasteiger partial charge in [0, 0.05) is 44.0 Å². The van der Waals surface area contributed by atoms with E-state index >= 15 is 0 Å². The van der Waals surface area contributed by atoms with Crippen molar-refractivity contribution in [3.05, 3.63) is 95.1 Å². The minimum absolute atomic E-state index is 0.153. The van der Waals surface area contributed by atoms with Crippen molar-refractivity contribution < 1.29 is 17.9 Å². The molecule has 2 aliphatic heterocycles. The molecule has 1 saturated heterocycles. The van der Waals surface area contributed by atoms with Crippen LogP contribution < -0.4 is 5.32 Å². The zero-order chi connectivity index (χ0) is 26.0. The van der Waals surface area contributed by atoms with Gasteiger partial charge in [-0.05, 0) is 73.4 Å². The molecule has 2 unspecified atom stereocenters. The largest absolute Gasteiger partial charge is 0.373 e. The highest BCUT2D eigenvalue weighted by molar-refractivity contribution is 7.89. The molecule has 2 heterocycles. The summed E-state index contributed by atoms with van der Waals surface area (Å²) >= 11 is 0. The number of anilines is 1. The molecule has 0 aliphatic carbocycles. The molecule has 2 atom stereocenters. The highest BCUT2D eigenvalue weighted by Crippen LogP contribution is 2.23. The molecule has 1 N–H and O–H groups in total. The van der Waals surface area contributed by atoms with E-state index in [1.165, 1.54) is 27.6 Å². The van der Waals surface area contributed by atoms with Gasteiger partial charge in [0.1, 0.15) is 0 Å². The number of nitrogens with one attached hydrogen (secondary N) is 1. The molecule has 1 fully saturated rings. The molecule has 0 radical (unpaired) electrons. The van der Waals surface area contributed by atoms with E-state index in [0.29, 0.717) is 24.3 Å². The van der Waals surface area contributed by atoms with Gasteiger partial charge in [0.05, 0.1) is 17.1 Å². The van der Waals surface area contributed by atoms with Crippen LogP contribution >= 0.6 is 0 Å². The van der Waals surface area contributed by atoms with Crippen LogP contribution in [0.2, 0.25) is 0 Å². The van der Waals surface area contributed by atoms with Crippen LogP contribution in [-0.2, 0) is 34.3 Å². The van der Waals surface area contributed by atoms with E-state index in [4.69, 9.17) is 4.74 Å². The van der Waals surface area contributed by atoms with Crippen LogP contribution in [-0.4, -0.2) is 55.4 Å². The lowest BCUT2D eigenvalue weighted by Crippen LogP contribution is -2.48. The molecule has 2 aliphatic rings. The number of nitrogens with zero attached hydrogens (tertiary/aromatic N) is 2. The van der Waals surface area contributed by atoms with Crippen molar-refractivity contribution in [2.75, 3.05) is 25.0 Å². The number of hydrogen-bond acceptors (Lipinski definition) is 5. The Morgan fingerprint density at radius 2 is 1.57 bits per heavy atom. The number of fused-ring (bicyclic) bond motifs is 1. The fraction of sp³-hybridized carbons (Fsp3) is 0.345. The number of benzene rings is 3. The normalized spacial score (nSPS) is 20.8. The van der Waals surface area contributed by atoms with Crippen molar-refractivity contribution in [3.8, 4) is 0 Å². The fourth-order valence-corrected chi connectivity index (χ4v) is 6.69. The summed E-state index contributed by atoms with van der Waals surface area (Å²) in [5.41, 5.74) is 5.08. The van der Waals surface area contributed by atoms with E-state index < -0.39 is 10.0 Å². The van der Waals surface area contributed by atoms with E-state index in [1.807, 2.05) is 38.1 Å². The van der Waals surface area contributed by atoms with Crippen molar-refractivity contribution in [2.24, 2.45) is 0 Å². The summed E-state index contributed by atoms with van der Waals surface area (Å²) in [6.07, 6.45) is 0.752. The zero-order valence-corrected chi connectivity index (χ0v) is 22.1. The maximum absolute atomic E-state index is 13.0. The third-order valence-electron chi connectivity index (χ3n) is 6.97. The van der Waals surface area contributed by atoms with Crippen LogP contribution in [0, 0.1) is 0 Å². The van der Waals surface area contributed by atoms with Crippen LogP contribution in [0.25, 0.3) is 0 Å². The minimum Gasteiger partial charge on any atom is -0.373 e. The maximum Gasteiger partial charge on any atom is 0.255 e. The Hall–Kier alpha value is -3.04. The van der Waals surface area contributed by atoms with Gasteiger partial charge in [-0.3, -0.25) is 9.69 Å². The van der Waals surface area contributed by atoms with Gasteiger partial charge >= 0.3 is 0 Å². The smallest absolute Gasteiger partial charge is 0.255 e. The molecular formula is C29H33N3O4S. The summed E-state index contributed by atoms with van der Waals surface area (Å²) in [5.74, 6) is -0.232. The van der Waals surface area contributed by atoms with Crippen molar-refractivity contribution in [3.63, 3.8) is 0 Å². The van der Waals surface area contributed by atoms with E-state index in [-0.39, 0.29) is 23.0 Å². The summed E-state index contributed by atoms with van der Waals surface area (Å²) < 4.78 is 33.2. The number of hydrogen-bond donors (Lipinski definition) is 1. The summed E-state index contributed by atoms with van der Waals surface area (Å²) in [7, 11) is -3.62. The van der Waals surface area contributed by atoms with Gasteiger partial charge in [-0.25, -0.2) is 8.42 Å². The van der Waals surface area contributed by atoms with E-state index in [2.05, 4.69) is 34.5 Å². The zero-order valence-electron chi connectivity index (χ0n) is 21.3. The van der Waals surface area contributed by atoms with Crippen LogP contribution in [0.3, 0.4) is 0 Å². The van der Waals surface area contributed by atoms with Gasteiger partial charge in [-0.15, -0.1) is 0 Å². The molecule has 5 rings (SSSR count). The Morgan fingerprint density at radius 1 is 0.919 bits per heavy atom. The first kappa shape index (κ1) is 25.6. The van der Waals surface area contributed by atoms with E-state index in [0.717, 1.165) is 31.6 Å². The average molecular weight is 520 g/mol. The monoisotopic (exact) mass is 519 g/mol. The lowest BCUT2D eigenvalue weighted by Gasteiger charge is -2.34. The molecule has 0 aromatic heterocycles. The number of amides is 1. The predicted octanol–water partition coefficient (Wildman–Crippen LogP) is 4.30. The van der Waals surface area contributed by atoms with Gasteiger partial charge in [0.15, 0.2) is 0 Å². The molecule has 3 aromatic rings. The van der Waals surface area contributed by atoms with Crippen LogP contribution in [0.4, 0.5) is 5.69 Å². The second-order valence-corrected chi connectivity index (χ2v) is 11.9. The standard InChI is InChI=1S/C29H33N3O4S/c1-21-17-32(18-22(2)36-21)37(34,35)28-13-11-27(12-14-28)30-29(33)25-9-7-23(8-10-25)19-31-16-15-24-5-3-4-6-26(24)20-31/h3-14,21-22H,15-20H2,1-2H3,(H,30,33). The van der Waals surface area contributed by atoms with E-state index in [1.54, 1.807) is 12.1 Å². The van der Waals surface area contributed by atoms with Gasteiger partial charge in [-0.1, -0.05) is 36.4 Å². The van der Waals surface area contributed by atoms with Crippen molar-refractivity contribution in [2.45, 2.75) is 50.5 Å². The highest BCUT2D eigenvalue weighted by Gasteiger charge is 2.32. The average Bonchev–Trinajstić information content (AvgIpc) is 2.89. The Morgan fingerprint density at radius 3 is 2.24 bits per heavy atom. The molecule has 7 nitrogen and oxygen atoms in total. The van der Waals surface area contributed by atoms with Gasteiger partial charge < -0.3 is 10.1 Å². The van der Waals surface area contributed by atoms with Gasteiger partial charge in [0.2, 0.25) is 10.0 Å². The van der Waals surface area contributed by atoms with Crippen LogP contribution in [0.1, 0.15) is 40.9 Å². The molecule has 3 aromatic carbocycles. The molecule has 0 spiro atoms. The topological polar surface area (TPSA) is 79.0 Å². The molecular weight excluding hydrogens is 486 g/mol. The third kappa shape index (κ3) is 5.93. The highest BCUT2D eigenvalue weighted by atomic mass is 32.2. The first-order chi connectivity index (χ1) is 17.8. The number of ether oxygens (including phenoxy) is 1. The quantitative estimate of drug-likeness (QED) is 0.526. The Labute approximate surface area is 219 Å². The van der Waals surface area contributed by atoms with E-state index in [9.17, 15) is 13.2 Å². The molecule has 0 saturated carbocycles. The molecule has 194 valence electrons. The second-order valence-electron chi connectivity index (χ2n) is 9.98. The SMILES string of the molecule is CC1CN(S(=O)(=O)c2ccc(NC(=O)c3ccc(CN4CCc5ccccc5C4)cc3)cc2)CC(C)O1. The summed E-state index contributed by atoms with van der Waals surface area (Å²) in [6, 6.07) is 22.6. The van der Waals surface area contributed by atoms with Crippen molar-refractivity contribution >= 4 is 21.6 Å². The second kappa shape index (κ2) is 10.8. The Bertz CT molecular complexity index is 1350. The first-order valence-electron chi connectivity index (χ1n) is 12.7. The first-order valence-corrected chi connectivity index (χ1v) is 14.2. The predicted molar refractivity (Wildman–Crippen MR) is 144 cm³/mol. The fourth-order valence-electron chi connectivity index (χ4n) is 5.10. The summed E-state index contributed by atoms with van der Waals surface area (Å²) in [6.45, 7) is 7.19. The number of sulfonamides is 1. The number of carbonyl (C=O) groups is 1. The Balaban J connectivity index is 1.18. The van der Waals surface area contributed by atoms with Crippen LogP contribution in [0.15, 0.2) is 77.7 Å². The molecule has 1 amide bonds. The maximum atomic E-state index is 13.0. The van der Waals surface area contributed by atoms with Crippen LogP contribution in [0.5, 0.6) is 0 Å². The van der Waals surface area contributed by atoms with Crippen molar-refractivity contribution in [1.29, 1.82) is 0 Å². The molecule has 8 heteroatoms. The molecule has 37 heavy (non-hydrogen) atoms. The number of rotatable bonds is 6. The number of carbonyl (C=O) groups excluding carboxylic acids is 1. The lowest BCUT2D eigenvalue weighted by molar-refractivity contribution is -0.0440. The Kier molecular flexibility index (Phi) is 7.44. The molecule has 0 bridgehead atoms. The number of morpholine rings is 1. The van der Waals surface area contributed by atoms with Gasteiger partial charge in [0.25, 0.3) is 5.91 Å². The van der Waals surface area contributed by atoms with Crippen molar-refractivity contribution in [1.82, 2.24) is 9.21 Å². The van der Waals surface area contributed by atoms with Gasteiger partial charge in [-0.2, -0.15) is 4.31 Å². The lowest BCUT2D eigenvalue weighted by atomic mass is 9.99. The summed E-state index contributed by atoms with van der Waals surface area (Å²) in [5, 5.41) is 2.86.